The summed E-state index contributed by atoms with van der Waals surface area (Å²) >= 11 is 0. The zero-order valence-corrected chi connectivity index (χ0v) is 67.8. The van der Waals surface area contributed by atoms with Crippen molar-refractivity contribution in [1.82, 2.24) is 0 Å². The fourth-order valence-electron chi connectivity index (χ4n) is 12.8. The van der Waals surface area contributed by atoms with Crippen LogP contribution in [-0.2, 0) is 65.4 Å². The Balaban J connectivity index is 5.11. The third-order valence-corrected chi connectivity index (χ3v) is 21.2. The Morgan fingerprint density at radius 1 is 0.267 bits per heavy atom. The highest BCUT2D eigenvalue weighted by atomic mass is 31.2. The minimum absolute atomic E-state index is 0.108. The quantitative estimate of drug-likeness (QED) is 0.0222. The average molecular weight is 1480 g/mol. The largest absolute Gasteiger partial charge is 0.472 e. The highest BCUT2D eigenvalue weighted by Gasteiger charge is 2.30. The molecule has 3 N–H and O–H groups in total. The van der Waals surface area contributed by atoms with E-state index in [1.807, 2.05) is 0 Å². The molecule has 0 heterocycles. The lowest BCUT2D eigenvalue weighted by Crippen LogP contribution is -2.30. The summed E-state index contributed by atoms with van der Waals surface area (Å²) in [6.07, 6.45) is 67.1. The van der Waals surface area contributed by atoms with Gasteiger partial charge in [0.1, 0.15) is 19.3 Å². The summed E-state index contributed by atoms with van der Waals surface area (Å²) < 4.78 is 68.5. The van der Waals surface area contributed by atoms with Crippen LogP contribution in [0.2, 0.25) is 0 Å². The molecule has 5 atom stereocenters. The van der Waals surface area contributed by atoms with Crippen molar-refractivity contribution in [1.29, 1.82) is 0 Å². The van der Waals surface area contributed by atoms with Crippen LogP contribution in [0, 0.1) is 5.92 Å². The molecule has 0 rings (SSSR count). The van der Waals surface area contributed by atoms with Crippen LogP contribution < -0.4 is 0 Å². The lowest BCUT2D eigenvalue weighted by molar-refractivity contribution is -0.161. The molecule has 0 aliphatic rings. The van der Waals surface area contributed by atoms with Gasteiger partial charge in [-0.2, -0.15) is 0 Å². The van der Waals surface area contributed by atoms with Crippen LogP contribution in [0.15, 0.2) is 0 Å². The number of esters is 4. The molecule has 600 valence electrons. The van der Waals surface area contributed by atoms with Gasteiger partial charge in [-0.25, -0.2) is 9.13 Å². The van der Waals surface area contributed by atoms with Crippen LogP contribution in [0.25, 0.3) is 0 Å². The van der Waals surface area contributed by atoms with Gasteiger partial charge >= 0.3 is 39.5 Å². The van der Waals surface area contributed by atoms with Crippen molar-refractivity contribution < 1.29 is 80.2 Å². The summed E-state index contributed by atoms with van der Waals surface area (Å²) in [7, 11) is -9.91. The van der Waals surface area contributed by atoms with E-state index in [0.717, 1.165) is 102 Å². The second-order valence-electron chi connectivity index (χ2n) is 30.0. The number of unbranched alkanes of at least 4 members (excludes halogenated alkanes) is 54. The molecule has 0 amide bonds. The molecular formula is C82H160O17P2. The van der Waals surface area contributed by atoms with Gasteiger partial charge < -0.3 is 33.8 Å². The number of hydrogen-bond donors (Lipinski definition) is 3. The summed E-state index contributed by atoms with van der Waals surface area (Å²) in [6, 6.07) is 0. The number of hydrogen-bond acceptors (Lipinski definition) is 15. The molecule has 0 aromatic rings. The van der Waals surface area contributed by atoms with E-state index in [9.17, 15) is 43.2 Å². The number of rotatable bonds is 82. The average Bonchev–Trinajstić information content (AvgIpc) is 0.947. The van der Waals surface area contributed by atoms with Crippen molar-refractivity contribution in [3.05, 3.63) is 0 Å². The number of aliphatic hydroxyl groups is 1. The third kappa shape index (κ3) is 76.1. The van der Waals surface area contributed by atoms with Crippen LogP contribution in [-0.4, -0.2) is 96.7 Å². The second kappa shape index (κ2) is 74.9. The van der Waals surface area contributed by atoms with Gasteiger partial charge in [-0.3, -0.25) is 37.3 Å². The van der Waals surface area contributed by atoms with E-state index in [4.69, 9.17) is 37.0 Å². The topological polar surface area (TPSA) is 237 Å². The molecule has 2 unspecified atom stereocenters. The highest BCUT2D eigenvalue weighted by molar-refractivity contribution is 7.47. The van der Waals surface area contributed by atoms with Crippen LogP contribution in [0.4, 0.5) is 0 Å². The number of carbonyl (C=O) groups is 4. The molecule has 19 heteroatoms. The van der Waals surface area contributed by atoms with Crippen molar-refractivity contribution in [3.8, 4) is 0 Å². The molecule has 17 nitrogen and oxygen atoms in total. The monoisotopic (exact) mass is 1480 g/mol. The normalized spacial score (nSPS) is 13.8. The Hall–Kier alpha value is -1.94. The standard InChI is InChI=1S/C82H160O17P2/c1-6-9-12-15-17-19-21-23-25-27-29-30-32-36-41-45-49-53-58-63-68-82(87)99-78(72-93-80(85)66-61-56-51-47-43-39-37-33-34-38-42-46-50-55-59-64-75(4)5)74-97-101(90,91)95-70-76(83)69-94-100(88,89)96-73-77(71-92-79(84)65-60-54-14-11-8-3)98-81(86)67-62-57-52-48-44-40-35-31-28-26-24-22-20-18-16-13-10-7-2/h75-78,83H,6-74H2,1-5H3,(H,88,89)(H,90,91)/t76-,77+,78+/m0/s1. The Morgan fingerprint density at radius 3 is 0.673 bits per heavy atom. The molecule has 101 heavy (non-hydrogen) atoms. The first-order valence-electron chi connectivity index (χ1n) is 42.6. The zero-order chi connectivity index (χ0) is 74.1. The van der Waals surface area contributed by atoms with Crippen LogP contribution in [0.5, 0.6) is 0 Å². The van der Waals surface area contributed by atoms with Gasteiger partial charge in [-0.05, 0) is 31.6 Å². The van der Waals surface area contributed by atoms with E-state index in [0.29, 0.717) is 25.7 Å². The maximum absolute atomic E-state index is 13.1. The summed E-state index contributed by atoms with van der Waals surface area (Å²) in [4.78, 5) is 72.8. The molecule has 0 aliphatic carbocycles. The number of aliphatic hydroxyl groups excluding tert-OH is 1. The smallest absolute Gasteiger partial charge is 0.462 e. The Bertz CT molecular complexity index is 1930. The van der Waals surface area contributed by atoms with Gasteiger partial charge in [-0.1, -0.05) is 388 Å². The van der Waals surface area contributed by atoms with Crippen molar-refractivity contribution in [2.45, 2.75) is 457 Å². The van der Waals surface area contributed by atoms with Gasteiger partial charge in [0.2, 0.25) is 0 Å². The maximum Gasteiger partial charge on any atom is 0.472 e. The predicted octanol–water partition coefficient (Wildman–Crippen LogP) is 24.8. The van der Waals surface area contributed by atoms with Crippen LogP contribution >= 0.6 is 15.6 Å². The summed E-state index contributed by atoms with van der Waals surface area (Å²) in [6.45, 7) is 7.28. The third-order valence-electron chi connectivity index (χ3n) is 19.3. The zero-order valence-electron chi connectivity index (χ0n) is 66.1. The number of ether oxygens (including phenoxy) is 4. The van der Waals surface area contributed by atoms with E-state index in [1.165, 1.54) is 257 Å². The van der Waals surface area contributed by atoms with Crippen LogP contribution in [0.1, 0.15) is 439 Å². The molecule has 0 bridgehead atoms. The van der Waals surface area contributed by atoms with Crippen LogP contribution in [0.3, 0.4) is 0 Å². The minimum atomic E-state index is -4.96. The molecule has 0 aliphatic heterocycles. The van der Waals surface area contributed by atoms with Gasteiger partial charge in [-0.15, -0.1) is 0 Å². The first-order valence-corrected chi connectivity index (χ1v) is 45.6. The molecule has 0 saturated heterocycles. The Morgan fingerprint density at radius 2 is 0.455 bits per heavy atom. The summed E-state index contributed by atoms with van der Waals surface area (Å²) in [5.41, 5.74) is 0. The molecule has 0 spiro atoms. The van der Waals surface area contributed by atoms with E-state index in [-0.39, 0.29) is 25.7 Å². The van der Waals surface area contributed by atoms with Crippen molar-refractivity contribution in [3.63, 3.8) is 0 Å². The van der Waals surface area contributed by atoms with Crippen molar-refractivity contribution in [2.24, 2.45) is 5.92 Å². The first kappa shape index (κ1) is 99.1. The van der Waals surface area contributed by atoms with E-state index in [1.54, 1.807) is 0 Å². The number of carbonyl (C=O) groups excluding carboxylic acids is 4. The lowest BCUT2D eigenvalue weighted by atomic mass is 10.0. The second-order valence-corrected chi connectivity index (χ2v) is 32.9. The molecule has 0 radical (unpaired) electrons. The summed E-state index contributed by atoms with van der Waals surface area (Å²) in [5.74, 6) is -1.31. The fourth-order valence-corrected chi connectivity index (χ4v) is 14.3. The lowest BCUT2D eigenvalue weighted by Gasteiger charge is -2.21. The van der Waals surface area contributed by atoms with Crippen molar-refractivity contribution >= 4 is 39.5 Å². The van der Waals surface area contributed by atoms with Gasteiger partial charge in [0, 0.05) is 25.7 Å². The minimum Gasteiger partial charge on any atom is -0.462 e. The number of phosphoric acid groups is 2. The number of phosphoric ester groups is 2. The fraction of sp³-hybridized carbons (Fsp3) is 0.951. The van der Waals surface area contributed by atoms with E-state index < -0.39 is 97.5 Å². The molecule has 0 aromatic heterocycles. The first-order chi connectivity index (χ1) is 49.0. The molecule has 0 saturated carbocycles. The maximum atomic E-state index is 13.1. The van der Waals surface area contributed by atoms with Crippen molar-refractivity contribution in [2.75, 3.05) is 39.6 Å². The van der Waals surface area contributed by atoms with Gasteiger partial charge in [0.05, 0.1) is 26.4 Å². The Kier molecular flexibility index (Phi) is 73.5. The van der Waals surface area contributed by atoms with Gasteiger partial charge in [0.25, 0.3) is 0 Å². The molecule has 0 fully saturated rings. The molecule has 0 aromatic carbocycles. The van der Waals surface area contributed by atoms with E-state index >= 15 is 0 Å². The predicted molar refractivity (Wildman–Crippen MR) is 414 cm³/mol. The Labute approximate surface area is 619 Å². The highest BCUT2D eigenvalue weighted by Crippen LogP contribution is 2.45. The van der Waals surface area contributed by atoms with Gasteiger partial charge in [0.15, 0.2) is 12.2 Å². The summed E-state index contributed by atoms with van der Waals surface area (Å²) in [5, 5.41) is 10.6. The van der Waals surface area contributed by atoms with E-state index in [2.05, 4.69) is 34.6 Å². The SMILES string of the molecule is CCCCCCCCCCCCCCCCCCCCCCC(=O)O[C@H](COC(=O)CCCCCCCCCCCCCCCCCC(C)C)COP(=O)(O)OC[C@@H](O)COP(=O)(O)OC[C@@H](COC(=O)CCCCCCC)OC(=O)CCCCCCCCCCCCCCCCCCCC. The molecular weight excluding hydrogens is 1320 g/mol.